The molecule has 0 bridgehead atoms. The third-order valence-electron chi connectivity index (χ3n) is 5.02. The van der Waals surface area contributed by atoms with E-state index < -0.39 is 10.0 Å². The van der Waals surface area contributed by atoms with Gasteiger partial charge in [-0.05, 0) is 47.0 Å². The van der Waals surface area contributed by atoms with E-state index in [4.69, 9.17) is 0 Å². The standard InChI is InChI=1S/C23H23N5O2S/c1-24-23-21-13-19(9-10-22(21)26-16-27-23)18-7-5-6-17(12-18)14-28(31(2,29)30)15-20-8-3-4-11-25-20/h3-13,16H,14-15H2,1-2H3,(H,24,26,27). The van der Waals surface area contributed by atoms with Crippen molar-refractivity contribution in [3.05, 3.63) is 84.4 Å². The number of hydrogen-bond acceptors (Lipinski definition) is 6. The van der Waals surface area contributed by atoms with Gasteiger partial charge in [0.1, 0.15) is 12.1 Å². The van der Waals surface area contributed by atoms with E-state index in [9.17, 15) is 8.42 Å². The Bertz CT molecular complexity index is 1310. The summed E-state index contributed by atoms with van der Waals surface area (Å²) in [4.78, 5) is 12.9. The molecule has 0 aliphatic heterocycles. The predicted octanol–water partition coefficient (Wildman–Crippen LogP) is 3.70. The second-order valence-electron chi connectivity index (χ2n) is 7.26. The van der Waals surface area contributed by atoms with Gasteiger partial charge in [-0.1, -0.05) is 30.3 Å². The van der Waals surface area contributed by atoms with Crippen LogP contribution in [0.4, 0.5) is 5.82 Å². The van der Waals surface area contributed by atoms with E-state index in [0.717, 1.165) is 33.4 Å². The summed E-state index contributed by atoms with van der Waals surface area (Å²) in [5, 5.41) is 4.03. The maximum Gasteiger partial charge on any atom is 0.211 e. The molecule has 0 radical (unpaired) electrons. The molecule has 0 saturated heterocycles. The van der Waals surface area contributed by atoms with Gasteiger partial charge >= 0.3 is 0 Å². The first-order valence-corrected chi connectivity index (χ1v) is 11.7. The van der Waals surface area contributed by atoms with Gasteiger partial charge in [-0.25, -0.2) is 18.4 Å². The molecule has 0 atom stereocenters. The zero-order chi connectivity index (χ0) is 21.8. The SMILES string of the molecule is CNc1ncnc2ccc(-c3cccc(CN(Cc4ccccn4)S(C)(=O)=O)c3)cc12. The van der Waals surface area contributed by atoms with Crippen LogP contribution < -0.4 is 5.32 Å². The zero-order valence-corrected chi connectivity index (χ0v) is 18.2. The molecule has 2 aromatic heterocycles. The minimum atomic E-state index is -3.41. The van der Waals surface area contributed by atoms with Crippen LogP contribution >= 0.6 is 0 Å². The molecule has 0 fully saturated rings. The Kier molecular flexibility index (Phi) is 5.92. The molecular weight excluding hydrogens is 410 g/mol. The third kappa shape index (κ3) is 4.87. The minimum Gasteiger partial charge on any atom is -0.373 e. The highest BCUT2D eigenvalue weighted by atomic mass is 32.2. The lowest BCUT2D eigenvalue weighted by molar-refractivity contribution is 0.401. The van der Waals surface area contributed by atoms with E-state index in [1.54, 1.807) is 6.20 Å². The summed E-state index contributed by atoms with van der Waals surface area (Å²) in [6.07, 6.45) is 4.43. The second kappa shape index (κ2) is 8.79. The monoisotopic (exact) mass is 433 g/mol. The van der Waals surface area contributed by atoms with Crippen molar-refractivity contribution in [3.63, 3.8) is 0 Å². The normalized spacial score (nSPS) is 11.7. The topological polar surface area (TPSA) is 88.1 Å². The Morgan fingerprint density at radius 2 is 1.74 bits per heavy atom. The lowest BCUT2D eigenvalue weighted by Crippen LogP contribution is -2.29. The van der Waals surface area contributed by atoms with Crippen molar-refractivity contribution in [2.75, 3.05) is 18.6 Å². The predicted molar refractivity (Wildman–Crippen MR) is 123 cm³/mol. The molecule has 4 rings (SSSR count). The number of fused-ring (bicyclic) bond motifs is 1. The van der Waals surface area contributed by atoms with Gasteiger partial charge < -0.3 is 5.32 Å². The van der Waals surface area contributed by atoms with Crippen molar-refractivity contribution in [1.82, 2.24) is 19.3 Å². The number of sulfonamides is 1. The summed E-state index contributed by atoms with van der Waals surface area (Å²) in [7, 11) is -1.58. The van der Waals surface area contributed by atoms with Crippen molar-refractivity contribution in [2.24, 2.45) is 0 Å². The smallest absolute Gasteiger partial charge is 0.211 e. The summed E-state index contributed by atoms with van der Waals surface area (Å²) in [6.45, 7) is 0.491. The number of pyridine rings is 1. The molecule has 8 heteroatoms. The minimum absolute atomic E-state index is 0.225. The number of rotatable bonds is 7. The van der Waals surface area contributed by atoms with Crippen molar-refractivity contribution < 1.29 is 8.42 Å². The van der Waals surface area contributed by atoms with Gasteiger partial charge in [-0.2, -0.15) is 4.31 Å². The van der Waals surface area contributed by atoms with Crippen LogP contribution in [-0.4, -0.2) is 41.0 Å². The van der Waals surface area contributed by atoms with Crippen LogP contribution in [0.1, 0.15) is 11.3 Å². The molecule has 0 aliphatic carbocycles. The zero-order valence-electron chi connectivity index (χ0n) is 17.4. The molecule has 4 aromatic rings. The summed E-state index contributed by atoms with van der Waals surface area (Å²) in [5.74, 6) is 0.765. The van der Waals surface area contributed by atoms with Gasteiger partial charge in [-0.15, -0.1) is 0 Å². The quantitative estimate of drug-likeness (QED) is 0.478. The number of aromatic nitrogens is 3. The van der Waals surface area contributed by atoms with Crippen LogP contribution in [0.2, 0.25) is 0 Å². The summed E-state index contributed by atoms with van der Waals surface area (Å²) >= 11 is 0. The van der Waals surface area contributed by atoms with E-state index in [1.165, 1.54) is 16.9 Å². The van der Waals surface area contributed by atoms with Gasteiger partial charge in [0.15, 0.2) is 0 Å². The van der Waals surface area contributed by atoms with E-state index in [1.807, 2.05) is 67.7 Å². The van der Waals surface area contributed by atoms with Crippen LogP contribution in [0.25, 0.3) is 22.0 Å². The van der Waals surface area contributed by atoms with Crippen LogP contribution in [0, 0.1) is 0 Å². The van der Waals surface area contributed by atoms with Gasteiger partial charge in [-0.3, -0.25) is 4.98 Å². The van der Waals surface area contributed by atoms with Gasteiger partial charge in [0.2, 0.25) is 10.0 Å². The Labute approximate surface area is 181 Å². The van der Waals surface area contributed by atoms with E-state index in [2.05, 4.69) is 20.3 Å². The Morgan fingerprint density at radius 1 is 0.903 bits per heavy atom. The number of anilines is 1. The highest BCUT2D eigenvalue weighted by Crippen LogP contribution is 2.27. The fraction of sp³-hybridized carbons (Fsp3) is 0.174. The molecule has 0 spiro atoms. The van der Waals surface area contributed by atoms with Crippen molar-refractivity contribution in [1.29, 1.82) is 0 Å². The molecule has 0 aliphatic rings. The summed E-state index contributed by atoms with van der Waals surface area (Å²) < 4.78 is 26.2. The van der Waals surface area contributed by atoms with Crippen molar-refractivity contribution in [3.8, 4) is 11.1 Å². The number of hydrogen-bond donors (Lipinski definition) is 1. The second-order valence-corrected chi connectivity index (χ2v) is 9.24. The molecule has 0 saturated carbocycles. The highest BCUT2D eigenvalue weighted by Gasteiger charge is 2.18. The molecule has 1 N–H and O–H groups in total. The van der Waals surface area contributed by atoms with Crippen LogP contribution in [-0.2, 0) is 23.1 Å². The van der Waals surface area contributed by atoms with Crippen molar-refractivity contribution >= 4 is 26.7 Å². The highest BCUT2D eigenvalue weighted by molar-refractivity contribution is 7.88. The summed E-state index contributed by atoms with van der Waals surface area (Å²) in [5.41, 5.74) is 4.47. The van der Waals surface area contributed by atoms with Gasteiger partial charge in [0.05, 0.1) is 24.0 Å². The molecule has 0 unspecified atom stereocenters. The average molecular weight is 434 g/mol. The molecule has 7 nitrogen and oxygen atoms in total. The number of benzene rings is 2. The average Bonchev–Trinajstić information content (AvgIpc) is 2.78. The maximum atomic E-state index is 12.4. The summed E-state index contributed by atoms with van der Waals surface area (Å²) in [6, 6.07) is 19.4. The lowest BCUT2D eigenvalue weighted by atomic mass is 10.0. The molecule has 2 heterocycles. The first kappa shape index (κ1) is 20.9. The van der Waals surface area contributed by atoms with Crippen LogP contribution in [0.5, 0.6) is 0 Å². The van der Waals surface area contributed by atoms with Gasteiger partial charge in [0.25, 0.3) is 0 Å². The van der Waals surface area contributed by atoms with E-state index in [0.29, 0.717) is 5.69 Å². The molecule has 2 aromatic carbocycles. The van der Waals surface area contributed by atoms with Crippen LogP contribution in [0.15, 0.2) is 73.2 Å². The Balaban J connectivity index is 1.65. The largest absolute Gasteiger partial charge is 0.373 e. The van der Waals surface area contributed by atoms with E-state index >= 15 is 0 Å². The maximum absolute atomic E-state index is 12.4. The number of nitrogens with one attached hydrogen (secondary N) is 1. The van der Waals surface area contributed by atoms with Gasteiger partial charge in [0, 0.05) is 25.2 Å². The fourth-order valence-corrected chi connectivity index (χ4v) is 4.20. The first-order chi connectivity index (χ1) is 14.9. The Hall–Kier alpha value is -3.36. The van der Waals surface area contributed by atoms with E-state index in [-0.39, 0.29) is 13.1 Å². The molecule has 158 valence electrons. The lowest BCUT2D eigenvalue weighted by Gasteiger charge is -2.20. The fourth-order valence-electron chi connectivity index (χ4n) is 3.45. The molecule has 31 heavy (non-hydrogen) atoms. The molecule has 0 amide bonds. The first-order valence-electron chi connectivity index (χ1n) is 9.81. The Morgan fingerprint density at radius 3 is 2.48 bits per heavy atom. The third-order valence-corrected chi connectivity index (χ3v) is 6.22. The van der Waals surface area contributed by atoms with Crippen LogP contribution in [0.3, 0.4) is 0 Å². The van der Waals surface area contributed by atoms with Crippen molar-refractivity contribution in [2.45, 2.75) is 13.1 Å². The number of nitrogens with zero attached hydrogens (tertiary/aromatic N) is 4. The molecular formula is C23H23N5O2S.